The number of hydrogen-bond acceptors (Lipinski definition) is 4. The first-order valence-electron chi connectivity index (χ1n) is 7.87. The molecule has 2 amide bonds. The molecule has 0 spiro atoms. The molecule has 7 heteroatoms. The number of likely N-dealkylation sites (tertiary alicyclic amines) is 1. The Morgan fingerprint density at radius 3 is 2.78 bits per heavy atom. The second-order valence-corrected chi connectivity index (χ2v) is 6.18. The van der Waals surface area contributed by atoms with Crippen molar-refractivity contribution in [1.29, 1.82) is 0 Å². The molecule has 2 N–H and O–H groups in total. The van der Waals surface area contributed by atoms with E-state index in [2.05, 4.69) is 10.6 Å². The Balaban J connectivity index is 1.78. The molecule has 0 aliphatic carbocycles. The van der Waals surface area contributed by atoms with Crippen molar-refractivity contribution in [3.05, 3.63) is 28.8 Å². The summed E-state index contributed by atoms with van der Waals surface area (Å²) < 4.78 is 5.44. The van der Waals surface area contributed by atoms with Crippen molar-refractivity contribution in [2.24, 2.45) is 0 Å². The molecular weight excluding hydrogens is 318 g/mol. The van der Waals surface area contributed by atoms with Gasteiger partial charge in [0.1, 0.15) is 6.10 Å². The molecule has 23 heavy (non-hydrogen) atoms. The highest BCUT2D eigenvalue weighted by Crippen LogP contribution is 2.24. The lowest BCUT2D eigenvalue weighted by Crippen LogP contribution is -2.45. The summed E-state index contributed by atoms with van der Waals surface area (Å²) in [5.41, 5.74) is 0.905. The van der Waals surface area contributed by atoms with Crippen molar-refractivity contribution in [1.82, 2.24) is 10.2 Å². The number of carbonyl (C=O) groups is 2. The molecule has 6 nitrogen and oxygen atoms in total. The fourth-order valence-electron chi connectivity index (χ4n) is 2.84. The van der Waals surface area contributed by atoms with Gasteiger partial charge in [0.2, 0.25) is 0 Å². The Kier molecular flexibility index (Phi) is 5.15. The minimum Gasteiger partial charge on any atom is -0.366 e. The highest BCUT2D eigenvalue weighted by atomic mass is 35.5. The number of nitrogens with zero attached hydrogens (tertiary/aromatic N) is 1. The van der Waals surface area contributed by atoms with Gasteiger partial charge in [-0.3, -0.25) is 9.59 Å². The van der Waals surface area contributed by atoms with Crippen LogP contribution in [0.3, 0.4) is 0 Å². The lowest BCUT2D eigenvalue weighted by atomic mass is 10.1. The number of amides is 2. The van der Waals surface area contributed by atoms with Gasteiger partial charge in [-0.1, -0.05) is 11.6 Å². The lowest BCUT2D eigenvalue weighted by molar-refractivity contribution is -0.128. The number of rotatable bonds is 3. The summed E-state index contributed by atoms with van der Waals surface area (Å²) in [6.45, 7) is 3.19. The first-order valence-corrected chi connectivity index (χ1v) is 8.25. The van der Waals surface area contributed by atoms with E-state index in [1.54, 1.807) is 23.1 Å². The summed E-state index contributed by atoms with van der Waals surface area (Å²) in [5.74, 6) is -0.349. The number of hydrogen-bond donors (Lipinski definition) is 2. The molecular formula is C16H20ClN3O3. The molecule has 0 aromatic heterocycles. The van der Waals surface area contributed by atoms with Gasteiger partial charge in [0.25, 0.3) is 11.8 Å². The van der Waals surface area contributed by atoms with Crippen LogP contribution in [0.15, 0.2) is 18.2 Å². The van der Waals surface area contributed by atoms with Crippen LogP contribution >= 0.6 is 11.6 Å². The van der Waals surface area contributed by atoms with Gasteiger partial charge < -0.3 is 20.3 Å². The van der Waals surface area contributed by atoms with Crippen molar-refractivity contribution in [3.63, 3.8) is 0 Å². The molecule has 0 bridgehead atoms. The SMILES string of the molecule is O=C(Nc1ccc(Cl)cc1C(=O)N1CCCC1)C1CNCCO1. The number of benzene rings is 1. The fraction of sp³-hybridized carbons (Fsp3) is 0.500. The molecule has 2 aliphatic heterocycles. The zero-order valence-electron chi connectivity index (χ0n) is 12.8. The summed E-state index contributed by atoms with van der Waals surface area (Å²) in [5, 5.41) is 6.39. The molecule has 2 aliphatic rings. The number of carbonyl (C=O) groups excluding carboxylic acids is 2. The van der Waals surface area contributed by atoms with Gasteiger partial charge in [0.05, 0.1) is 17.9 Å². The largest absolute Gasteiger partial charge is 0.366 e. The zero-order chi connectivity index (χ0) is 16.2. The third kappa shape index (κ3) is 3.83. The fourth-order valence-corrected chi connectivity index (χ4v) is 3.01. The molecule has 124 valence electrons. The van der Waals surface area contributed by atoms with E-state index >= 15 is 0 Å². The van der Waals surface area contributed by atoms with Gasteiger partial charge in [-0.15, -0.1) is 0 Å². The van der Waals surface area contributed by atoms with E-state index in [0.29, 0.717) is 29.4 Å². The highest BCUT2D eigenvalue weighted by molar-refractivity contribution is 6.31. The average molecular weight is 338 g/mol. The molecule has 1 unspecified atom stereocenters. The maximum absolute atomic E-state index is 12.7. The maximum atomic E-state index is 12.7. The van der Waals surface area contributed by atoms with E-state index in [0.717, 1.165) is 32.5 Å². The average Bonchev–Trinajstić information content (AvgIpc) is 3.11. The van der Waals surface area contributed by atoms with E-state index in [1.807, 2.05) is 0 Å². The Hall–Kier alpha value is -1.63. The number of morpholine rings is 1. The van der Waals surface area contributed by atoms with Crippen LogP contribution in [0, 0.1) is 0 Å². The molecule has 1 aromatic carbocycles. The van der Waals surface area contributed by atoms with Crippen molar-refractivity contribution in [2.45, 2.75) is 18.9 Å². The highest BCUT2D eigenvalue weighted by Gasteiger charge is 2.26. The Labute approximate surface area is 140 Å². The molecule has 0 radical (unpaired) electrons. The molecule has 1 aromatic rings. The Morgan fingerprint density at radius 1 is 1.30 bits per heavy atom. The van der Waals surface area contributed by atoms with Gasteiger partial charge in [-0.2, -0.15) is 0 Å². The molecule has 0 saturated carbocycles. The quantitative estimate of drug-likeness (QED) is 0.877. The second-order valence-electron chi connectivity index (χ2n) is 5.74. The minimum atomic E-state index is -0.547. The van der Waals surface area contributed by atoms with E-state index < -0.39 is 6.10 Å². The van der Waals surface area contributed by atoms with E-state index in [1.165, 1.54) is 0 Å². The van der Waals surface area contributed by atoms with Gasteiger partial charge in [0, 0.05) is 31.2 Å². The first-order chi connectivity index (χ1) is 11.1. The topological polar surface area (TPSA) is 70.7 Å². The van der Waals surface area contributed by atoms with Crippen LogP contribution < -0.4 is 10.6 Å². The molecule has 1 atom stereocenters. The van der Waals surface area contributed by atoms with Gasteiger partial charge in [-0.05, 0) is 31.0 Å². The maximum Gasteiger partial charge on any atom is 0.256 e. The van der Waals surface area contributed by atoms with Crippen LogP contribution in [-0.2, 0) is 9.53 Å². The van der Waals surface area contributed by atoms with Crippen LogP contribution in [0.2, 0.25) is 5.02 Å². The van der Waals surface area contributed by atoms with E-state index in [-0.39, 0.29) is 11.8 Å². The predicted octanol–water partition coefficient (Wildman–Crippen LogP) is 1.50. The van der Waals surface area contributed by atoms with Crippen LogP contribution in [0.4, 0.5) is 5.69 Å². The second kappa shape index (κ2) is 7.29. The summed E-state index contributed by atoms with van der Waals surface area (Å²) >= 11 is 6.03. The number of halogens is 1. The monoisotopic (exact) mass is 337 g/mol. The predicted molar refractivity (Wildman–Crippen MR) is 87.8 cm³/mol. The molecule has 2 saturated heterocycles. The standard InChI is InChI=1S/C16H20ClN3O3/c17-11-3-4-13(19-15(21)14-10-18-5-8-23-14)12(9-11)16(22)20-6-1-2-7-20/h3-4,9,14,18H,1-2,5-8,10H2,(H,19,21). The van der Waals surface area contributed by atoms with Crippen molar-refractivity contribution < 1.29 is 14.3 Å². The minimum absolute atomic E-state index is 0.0945. The first kappa shape index (κ1) is 16.2. The number of nitrogens with one attached hydrogen (secondary N) is 2. The Morgan fingerprint density at radius 2 is 2.09 bits per heavy atom. The number of ether oxygens (including phenoxy) is 1. The van der Waals surface area contributed by atoms with Crippen LogP contribution in [-0.4, -0.2) is 55.6 Å². The van der Waals surface area contributed by atoms with Crippen molar-refractivity contribution in [3.8, 4) is 0 Å². The van der Waals surface area contributed by atoms with Crippen LogP contribution in [0.25, 0.3) is 0 Å². The van der Waals surface area contributed by atoms with Crippen LogP contribution in [0.5, 0.6) is 0 Å². The zero-order valence-corrected chi connectivity index (χ0v) is 13.6. The van der Waals surface area contributed by atoms with Gasteiger partial charge in [-0.25, -0.2) is 0 Å². The van der Waals surface area contributed by atoms with Gasteiger partial charge >= 0.3 is 0 Å². The van der Waals surface area contributed by atoms with Crippen molar-refractivity contribution >= 4 is 29.1 Å². The summed E-state index contributed by atoms with van der Waals surface area (Å²) in [7, 11) is 0. The molecule has 2 heterocycles. The Bertz CT molecular complexity index is 596. The van der Waals surface area contributed by atoms with E-state index in [4.69, 9.17) is 16.3 Å². The summed E-state index contributed by atoms with van der Waals surface area (Å²) in [6.07, 6.45) is 1.47. The third-order valence-corrected chi connectivity index (χ3v) is 4.32. The smallest absolute Gasteiger partial charge is 0.256 e. The lowest BCUT2D eigenvalue weighted by Gasteiger charge is -2.24. The van der Waals surface area contributed by atoms with Crippen LogP contribution in [0.1, 0.15) is 23.2 Å². The molecule has 2 fully saturated rings. The van der Waals surface area contributed by atoms with Gasteiger partial charge in [0.15, 0.2) is 0 Å². The number of anilines is 1. The summed E-state index contributed by atoms with van der Waals surface area (Å²) in [4.78, 5) is 26.8. The third-order valence-electron chi connectivity index (χ3n) is 4.08. The normalized spacial score (nSPS) is 21.3. The summed E-state index contributed by atoms with van der Waals surface area (Å²) in [6, 6.07) is 4.94. The van der Waals surface area contributed by atoms with E-state index in [9.17, 15) is 9.59 Å². The molecule has 3 rings (SSSR count). The van der Waals surface area contributed by atoms with Crippen molar-refractivity contribution in [2.75, 3.05) is 38.1 Å².